The van der Waals surface area contributed by atoms with Gasteiger partial charge in [0.25, 0.3) is 5.56 Å². The number of nitrogens with zero attached hydrogens (tertiary/aromatic N) is 3. The summed E-state index contributed by atoms with van der Waals surface area (Å²) in [6.07, 6.45) is 2.88. The Balaban J connectivity index is 1.65. The third kappa shape index (κ3) is 3.05. The Hall–Kier alpha value is -3.16. The average Bonchev–Trinajstić information content (AvgIpc) is 2.99. The first-order valence-corrected chi connectivity index (χ1v) is 6.89. The molecule has 0 amide bonds. The average molecular weight is 314 g/mol. The molecule has 1 aromatic carbocycles. The number of hydrogen-bond acceptors (Lipinski definition) is 6. The van der Waals surface area contributed by atoms with Gasteiger partial charge in [0, 0.05) is 0 Å². The summed E-state index contributed by atoms with van der Waals surface area (Å²) in [6.45, 7) is 0.722. The largest absolute Gasteiger partial charge is 0.492 e. The van der Waals surface area contributed by atoms with Crippen LogP contribution in [-0.4, -0.2) is 39.4 Å². The molecule has 2 heterocycles. The highest BCUT2D eigenvalue weighted by atomic mass is 16.5. The van der Waals surface area contributed by atoms with Gasteiger partial charge in [0.1, 0.15) is 17.9 Å². The van der Waals surface area contributed by atoms with Gasteiger partial charge in [-0.15, -0.1) is 0 Å². The molecule has 3 aromatic rings. The van der Waals surface area contributed by atoms with Crippen LogP contribution in [0, 0.1) is 0 Å². The highest BCUT2D eigenvalue weighted by Crippen LogP contribution is 2.13. The number of esters is 1. The fourth-order valence-corrected chi connectivity index (χ4v) is 2.16. The molecule has 1 N–H and O–H groups in total. The number of methoxy groups -OCH3 is 1. The molecule has 0 spiro atoms. The Morgan fingerprint density at radius 3 is 2.83 bits per heavy atom. The summed E-state index contributed by atoms with van der Waals surface area (Å²) >= 11 is 0. The van der Waals surface area contributed by atoms with Gasteiger partial charge in [-0.25, -0.2) is 9.78 Å². The van der Waals surface area contributed by atoms with Crippen LogP contribution in [0.25, 0.3) is 11.0 Å². The highest BCUT2D eigenvalue weighted by Gasteiger charge is 2.08. The minimum Gasteiger partial charge on any atom is -0.492 e. The summed E-state index contributed by atoms with van der Waals surface area (Å²) in [5, 5.41) is 4.13. The van der Waals surface area contributed by atoms with Crippen molar-refractivity contribution >= 4 is 17.0 Å². The molecule has 0 aliphatic carbocycles. The molecule has 0 aliphatic rings. The molecule has 2 aromatic heterocycles. The first-order chi connectivity index (χ1) is 11.2. The van der Waals surface area contributed by atoms with E-state index in [1.165, 1.54) is 19.6 Å². The maximum absolute atomic E-state index is 11.8. The minimum atomic E-state index is -0.397. The number of carbonyl (C=O) groups is 1. The monoisotopic (exact) mass is 314 g/mol. The van der Waals surface area contributed by atoms with Gasteiger partial charge in [-0.1, -0.05) is 0 Å². The number of fused-ring (bicyclic) bond motifs is 1. The molecule has 8 heteroatoms. The van der Waals surface area contributed by atoms with Gasteiger partial charge < -0.3 is 14.5 Å². The number of benzene rings is 1. The van der Waals surface area contributed by atoms with Crippen LogP contribution in [-0.2, 0) is 11.3 Å². The van der Waals surface area contributed by atoms with Gasteiger partial charge in [0.2, 0.25) is 0 Å². The Morgan fingerprint density at radius 2 is 2.09 bits per heavy atom. The van der Waals surface area contributed by atoms with Crippen LogP contribution in [0.4, 0.5) is 0 Å². The fraction of sp³-hybridized carbons (Fsp3) is 0.200. The van der Waals surface area contributed by atoms with Gasteiger partial charge in [-0.05, 0) is 24.3 Å². The number of ether oxygens (including phenoxy) is 2. The summed E-state index contributed by atoms with van der Waals surface area (Å²) < 4.78 is 11.8. The molecule has 0 radical (unpaired) electrons. The van der Waals surface area contributed by atoms with E-state index in [1.807, 2.05) is 0 Å². The van der Waals surface area contributed by atoms with Gasteiger partial charge in [0.15, 0.2) is 5.52 Å². The van der Waals surface area contributed by atoms with Gasteiger partial charge in [-0.3, -0.25) is 9.48 Å². The lowest BCUT2D eigenvalue weighted by Crippen LogP contribution is -2.15. The summed E-state index contributed by atoms with van der Waals surface area (Å²) in [5.41, 5.74) is 1.17. The van der Waals surface area contributed by atoms with E-state index in [0.717, 1.165) is 0 Å². The molecule has 0 aliphatic heterocycles. The molecule has 0 saturated carbocycles. The number of aromatic amines is 1. The summed E-state index contributed by atoms with van der Waals surface area (Å²) in [4.78, 5) is 29.7. The zero-order valence-corrected chi connectivity index (χ0v) is 12.4. The number of aromatic nitrogens is 4. The summed E-state index contributed by atoms with van der Waals surface area (Å²) in [5.74, 6) is 0.215. The first-order valence-electron chi connectivity index (χ1n) is 6.89. The lowest BCUT2D eigenvalue weighted by molar-refractivity contribution is 0.0600. The lowest BCUT2D eigenvalue weighted by atomic mass is 10.2. The number of carbonyl (C=O) groups excluding carboxylic acids is 1. The predicted octanol–water partition coefficient (Wildman–Crippen LogP) is 0.985. The van der Waals surface area contributed by atoms with E-state index in [1.54, 1.807) is 28.9 Å². The van der Waals surface area contributed by atoms with Crippen molar-refractivity contribution in [3.05, 3.63) is 52.7 Å². The van der Waals surface area contributed by atoms with Crippen molar-refractivity contribution in [3.8, 4) is 5.75 Å². The second kappa shape index (κ2) is 6.30. The summed E-state index contributed by atoms with van der Waals surface area (Å²) in [7, 11) is 1.33. The van der Waals surface area contributed by atoms with Gasteiger partial charge >= 0.3 is 5.97 Å². The SMILES string of the molecule is COC(=O)c1ccc(OCCn2ncc3nc[nH]c(=O)c32)cc1. The van der Waals surface area contributed by atoms with Crippen molar-refractivity contribution < 1.29 is 14.3 Å². The standard InChI is InChI=1S/C15H14N4O4/c1-22-15(21)10-2-4-11(5-3-10)23-7-6-19-13-12(8-18-19)16-9-17-14(13)20/h2-5,8-9H,6-7H2,1H3,(H,16,17,20). The number of H-pyrrole nitrogens is 1. The third-order valence-electron chi connectivity index (χ3n) is 3.28. The van der Waals surface area contributed by atoms with Crippen LogP contribution in [0.1, 0.15) is 10.4 Å². The second-order valence-corrected chi connectivity index (χ2v) is 4.70. The van der Waals surface area contributed by atoms with Crippen molar-refractivity contribution in [2.24, 2.45) is 0 Å². The van der Waals surface area contributed by atoms with Crippen molar-refractivity contribution in [3.63, 3.8) is 0 Å². The Kier molecular flexibility index (Phi) is 4.05. The van der Waals surface area contributed by atoms with Crippen LogP contribution >= 0.6 is 0 Å². The molecule has 0 bridgehead atoms. The summed E-state index contributed by atoms with van der Waals surface area (Å²) in [6, 6.07) is 6.61. The topological polar surface area (TPSA) is 99.1 Å². The fourth-order valence-electron chi connectivity index (χ4n) is 2.16. The second-order valence-electron chi connectivity index (χ2n) is 4.70. The predicted molar refractivity (Wildman–Crippen MR) is 81.4 cm³/mol. The van der Waals surface area contributed by atoms with Crippen LogP contribution < -0.4 is 10.3 Å². The Bertz CT molecular complexity index is 882. The van der Waals surface area contributed by atoms with Crippen molar-refractivity contribution in [1.82, 2.24) is 19.7 Å². The number of rotatable bonds is 5. The number of nitrogens with one attached hydrogen (secondary N) is 1. The highest BCUT2D eigenvalue weighted by molar-refractivity contribution is 5.89. The van der Waals surface area contributed by atoms with Gasteiger partial charge in [-0.2, -0.15) is 5.10 Å². The lowest BCUT2D eigenvalue weighted by Gasteiger charge is -2.07. The van der Waals surface area contributed by atoms with E-state index in [0.29, 0.717) is 35.5 Å². The molecule has 3 rings (SSSR count). The minimum absolute atomic E-state index is 0.241. The van der Waals surface area contributed by atoms with Crippen LogP contribution in [0.3, 0.4) is 0 Å². The molecular formula is C15H14N4O4. The van der Waals surface area contributed by atoms with E-state index >= 15 is 0 Å². The van der Waals surface area contributed by atoms with Crippen LogP contribution in [0.5, 0.6) is 5.75 Å². The maximum Gasteiger partial charge on any atom is 0.337 e. The molecule has 0 saturated heterocycles. The molecule has 118 valence electrons. The molecule has 23 heavy (non-hydrogen) atoms. The smallest absolute Gasteiger partial charge is 0.337 e. The molecule has 0 fully saturated rings. The van der Waals surface area contributed by atoms with Crippen molar-refractivity contribution in [1.29, 1.82) is 0 Å². The van der Waals surface area contributed by atoms with E-state index in [4.69, 9.17) is 4.74 Å². The molecular weight excluding hydrogens is 300 g/mol. The van der Waals surface area contributed by atoms with Gasteiger partial charge in [0.05, 0.1) is 31.7 Å². The quantitative estimate of drug-likeness (QED) is 0.705. The zero-order chi connectivity index (χ0) is 16.2. The molecule has 8 nitrogen and oxygen atoms in total. The number of hydrogen-bond donors (Lipinski definition) is 1. The maximum atomic E-state index is 11.8. The van der Waals surface area contributed by atoms with E-state index in [-0.39, 0.29) is 5.56 Å². The van der Waals surface area contributed by atoms with E-state index in [2.05, 4.69) is 19.8 Å². The van der Waals surface area contributed by atoms with E-state index < -0.39 is 5.97 Å². The van der Waals surface area contributed by atoms with E-state index in [9.17, 15) is 9.59 Å². The first kappa shape index (κ1) is 14.8. The van der Waals surface area contributed by atoms with Crippen molar-refractivity contribution in [2.75, 3.05) is 13.7 Å². The van der Waals surface area contributed by atoms with Crippen molar-refractivity contribution in [2.45, 2.75) is 6.54 Å². The van der Waals surface area contributed by atoms with Crippen LogP contribution in [0.15, 0.2) is 41.6 Å². The normalized spacial score (nSPS) is 10.7. The third-order valence-corrected chi connectivity index (χ3v) is 3.28. The van der Waals surface area contributed by atoms with Crippen LogP contribution in [0.2, 0.25) is 0 Å². The Labute approximate surface area is 130 Å². The molecule has 0 unspecified atom stereocenters. The molecule has 0 atom stereocenters. The zero-order valence-electron chi connectivity index (χ0n) is 12.4. The Morgan fingerprint density at radius 1 is 1.30 bits per heavy atom.